The van der Waals surface area contributed by atoms with Gasteiger partial charge in [0, 0.05) is 24.0 Å². The third-order valence-electron chi connectivity index (χ3n) is 2.32. The van der Waals surface area contributed by atoms with E-state index in [1.54, 1.807) is 24.5 Å². The van der Waals surface area contributed by atoms with Crippen LogP contribution < -0.4 is 10.9 Å². The summed E-state index contributed by atoms with van der Waals surface area (Å²) in [6.07, 6.45) is 4.66. The summed E-state index contributed by atoms with van der Waals surface area (Å²) in [6.45, 7) is 1.87. The van der Waals surface area contributed by atoms with Crippen molar-refractivity contribution in [3.63, 3.8) is 0 Å². The van der Waals surface area contributed by atoms with Crippen molar-refractivity contribution in [2.75, 3.05) is 5.32 Å². The fourth-order valence-electron chi connectivity index (χ4n) is 1.38. The molecule has 0 aliphatic carbocycles. The number of amides is 1. The number of nitrogens with zero attached hydrogens (tertiary/aromatic N) is 1. The van der Waals surface area contributed by atoms with Gasteiger partial charge in [0.15, 0.2) is 0 Å². The highest BCUT2D eigenvalue weighted by molar-refractivity contribution is 6.04. The van der Waals surface area contributed by atoms with E-state index in [-0.39, 0.29) is 11.5 Å². The molecule has 0 spiro atoms. The minimum Gasteiger partial charge on any atom is -0.329 e. The number of aromatic amines is 1. The topological polar surface area (TPSA) is 74.8 Å². The van der Waals surface area contributed by atoms with Crippen molar-refractivity contribution in [2.45, 2.75) is 6.92 Å². The molecule has 17 heavy (non-hydrogen) atoms. The van der Waals surface area contributed by atoms with Crippen molar-refractivity contribution in [1.82, 2.24) is 9.97 Å². The number of carbonyl (C=O) groups excluding carboxylic acids is 1. The molecule has 0 unspecified atom stereocenters. The average Bonchev–Trinajstić information content (AvgIpc) is 2.32. The second-order valence-corrected chi connectivity index (χ2v) is 3.59. The van der Waals surface area contributed by atoms with Crippen molar-refractivity contribution < 1.29 is 4.79 Å². The third kappa shape index (κ3) is 2.57. The Kier molecular flexibility index (Phi) is 3.00. The highest BCUT2D eigenvalue weighted by Crippen LogP contribution is 2.12. The van der Waals surface area contributed by atoms with E-state index in [9.17, 15) is 9.59 Å². The minimum absolute atomic E-state index is 0.305. The van der Waals surface area contributed by atoms with Crippen LogP contribution in [0.1, 0.15) is 15.9 Å². The van der Waals surface area contributed by atoms with Gasteiger partial charge in [-0.3, -0.25) is 14.6 Å². The summed E-state index contributed by atoms with van der Waals surface area (Å²) in [7, 11) is 0. The molecule has 5 heteroatoms. The molecule has 0 aromatic carbocycles. The molecule has 0 aliphatic heterocycles. The number of H-pyrrole nitrogens is 1. The lowest BCUT2D eigenvalue weighted by Gasteiger charge is -2.06. The number of hydrogen-bond acceptors (Lipinski definition) is 3. The Morgan fingerprint density at radius 2 is 2.24 bits per heavy atom. The smallest absolute Gasteiger partial charge is 0.255 e. The van der Waals surface area contributed by atoms with Crippen LogP contribution in [-0.4, -0.2) is 15.9 Å². The Morgan fingerprint density at radius 1 is 1.41 bits per heavy atom. The maximum Gasteiger partial charge on any atom is 0.255 e. The summed E-state index contributed by atoms with van der Waals surface area (Å²) in [5.41, 5.74) is 1.56. The minimum atomic E-state index is -0.327. The molecule has 5 nitrogen and oxygen atoms in total. The van der Waals surface area contributed by atoms with Crippen LogP contribution in [0.5, 0.6) is 0 Å². The molecule has 2 aromatic heterocycles. The molecule has 0 atom stereocenters. The lowest BCUT2D eigenvalue weighted by Crippen LogP contribution is -2.16. The van der Waals surface area contributed by atoms with Crippen LogP contribution in [-0.2, 0) is 0 Å². The molecule has 0 saturated heterocycles. The third-order valence-corrected chi connectivity index (χ3v) is 2.32. The van der Waals surface area contributed by atoms with Gasteiger partial charge in [-0.2, -0.15) is 0 Å². The monoisotopic (exact) mass is 229 g/mol. The summed E-state index contributed by atoms with van der Waals surface area (Å²) < 4.78 is 0. The number of aromatic nitrogens is 2. The number of carbonyl (C=O) groups is 1. The highest BCUT2D eigenvalue weighted by atomic mass is 16.2. The first-order valence-electron chi connectivity index (χ1n) is 5.07. The van der Waals surface area contributed by atoms with E-state index < -0.39 is 0 Å². The normalized spacial score (nSPS) is 9.94. The molecular formula is C12H11N3O2. The van der Waals surface area contributed by atoms with Crippen molar-refractivity contribution >= 4 is 11.6 Å². The summed E-state index contributed by atoms with van der Waals surface area (Å²) in [5, 5.41) is 2.70. The van der Waals surface area contributed by atoms with Crippen molar-refractivity contribution in [1.29, 1.82) is 0 Å². The fourth-order valence-corrected chi connectivity index (χ4v) is 1.38. The van der Waals surface area contributed by atoms with Crippen LogP contribution in [0, 0.1) is 6.92 Å². The van der Waals surface area contributed by atoms with Gasteiger partial charge >= 0.3 is 0 Å². The summed E-state index contributed by atoms with van der Waals surface area (Å²) in [5.74, 6) is -0.327. The second-order valence-electron chi connectivity index (χ2n) is 3.59. The SMILES string of the molecule is Cc1ccncc1NC(=O)c1cc[nH]c(=O)c1. The van der Waals surface area contributed by atoms with E-state index in [0.717, 1.165) is 5.56 Å². The van der Waals surface area contributed by atoms with E-state index in [2.05, 4.69) is 15.3 Å². The van der Waals surface area contributed by atoms with Crippen LogP contribution in [0.25, 0.3) is 0 Å². The molecule has 2 rings (SSSR count). The van der Waals surface area contributed by atoms with E-state index in [0.29, 0.717) is 11.3 Å². The first-order valence-corrected chi connectivity index (χ1v) is 5.07. The fraction of sp³-hybridized carbons (Fsp3) is 0.0833. The predicted octanol–water partition coefficient (Wildman–Crippen LogP) is 1.33. The molecular weight excluding hydrogens is 218 g/mol. The second kappa shape index (κ2) is 4.61. The first-order chi connectivity index (χ1) is 8.16. The van der Waals surface area contributed by atoms with Gasteiger partial charge in [-0.05, 0) is 24.6 Å². The molecule has 1 amide bonds. The van der Waals surface area contributed by atoms with Gasteiger partial charge in [0.05, 0.1) is 11.9 Å². The molecule has 86 valence electrons. The van der Waals surface area contributed by atoms with Gasteiger partial charge in [0.2, 0.25) is 5.56 Å². The number of rotatable bonds is 2. The number of hydrogen-bond donors (Lipinski definition) is 2. The highest BCUT2D eigenvalue weighted by Gasteiger charge is 2.07. The summed E-state index contributed by atoms with van der Waals surface area (Å²) in [6, 6.07) is 4.59. The van der Waals surface area contributed by atoms with Gasteiger partial charge in [-0.1, -0.05) is 0 Å². The molecule has 2 heterocycles. The van der Waals surface area contributed by atoms with Gasteiger partial charge in [0.1, 0.15) is 0 Å². The first kappa shape index (κ1) is 11.1. The maximum absolute atomic E-state index is 11.8. The van der Waals surface area contributed by atoms with Crippen LogP contribution in [0.4, 0.5) is 5.69 Å². The Morgan fingerprint density at radius 3 is 2.94 bits per heavy atom. The zero-order chi connectivity index (χ0) is 12.3. The number of aryl methyl sites for hydroxylation is 1. The largest absolute Gasteiger partial charge is 0.329 e. The molecule has 2 N–H and O–H groups in total. The van der Waals surface area contributed by atoms with Gasteiger partial charge < -0.3 is 10.3 Å². The molecule has 0 aliphatic rings. The summed E-state index contributed by atoms with van der Waals surface area (Å²) >= 11 is 0. The Hall–Kier alpha value is -2.43. The number of pyridine rings is 2. The number of anilines is 1. The van der Waals surface area contributed by atoms with E-state index in [1.165, 1.54) is 12.3 Å². The molecule has 0 saturated carbocycles. The predicted molar refractivity (Wildman–Crippen MR) is 64.0 cm³/mol. The Bertz CT molecular complexity index is 604. The van der Waals surface area contributed by atoms with Gasteiger partial charge in [-0.25, -0.2) is 0 Å². The molecule has 2 aromatic rings. The lowest BCUT2D eigenvalue weighted by atomic mass is 10.2. The summed E-state index contributed by atoms with van der Waals surface area (Å²) in [4.78, 5) is 29.3. The van der Waals surface area contributed by atoms with Crippen molar-refractivity contribution in [3.05, 3.63) is 58.3 Å². The van der Waals surface area contributed by atoms with E-state index >= 15 is 0 Å². The quantitative estimate of drug-likeness (QED) is 0.815. The Balaban J connectivity index is 2.23. The number of nitrogens with one attached hydrogen (secondary N) is 2. The van der Waals surface area contributed by atoms with Crippen LogP contribution >= 0.6 is 0 Å². The van der Waals surface area contributed by atoms with E-state index in [4.69, 9.17) is 0 Å². The van der Waals surface area contributed by atoms with Gasteiger partial charge in [-0.15, -0.1) is 0 Å². The zero-order valence-electron chi connectivity index (χ0n) is 9.23. The molecule has 0 bridgehead atoms. The molecule has 0 radical (unpaired) electrons. The van der Waals surface area contributed by atoms with Crippen LogP contribution in [0.2, 0.25) is 0 Å². The van der Waals surface area contributed by atoms with Gasteiger partial charge in [0.25, 0.3) is 5.91 Å². The van der Waals surface area contributed by atoms with E-state index in [1.807, 2.05) is 6.92 Å². The average molecular weight is 229 g/mol. The standard InChI is InChI=1S/C12H11N3O2/c1-8-2-4-13-7-10(8)15-12(17)9-3-5-14-11(16)6-9/h2-7H,1H3,(H,14,16)(H,15,17). The molecule has 0 fully saturated rings. The van der Waals surface area contributed by atoms with Crippen molar-refractivity contribution in [2.24, 2.45) is 0 Å². The zero-order valence-corrected chi connectivity index (χ0v) is 9.23. The van der Waals surface area contributed by atoms with Crippen LogP contribution in [0.3, 0.4) is 0 Å². The Labute approximate surface area is 97.5 Å². The maximum atomic E-state index is 11.8. The van der Waals surface area contributed by atoms with Crippen molar-refractivity contribution in [3.8, 4) is 0 Å². The van der Waals surface area contributed by atoms with Crippen LogP contribution in [0.15, 0.2) is 41.6 Å². The lowest BCUT2D eigenvalue weighted by molar-refractivity contribution is 0.102.